The number of hydrogen-bond acceptors (Lipinski definition) is 4. The summed E-state index contributed by atoms with van der Waals surface area (Å²) in [5.41, 5.74) is 4.16. The third-order valence-electron chi connectivity index (χ3n) is 2.95. The fraction of sp³-hybridized carbons (Fsp3) is 0.545. The number of nitrogens with one attached hydrogen (secondary N) is 1. The third-order valence-corrected chi connectivity index (χ3v) is 2.95. The van der Waals surface area contributed by atoms with Crippen LogP contribution in [0.15, 0.2) is 24.5 Å². The summed E-state index contributed by atoms with van der Waals surface area (Å²) in [4.78, 5) is 4.00. The van der Waals surface area contributed by atoms with Gasteiger partial charge in [0.1, 0.15) is 0 Å². The summed E-state index contributed by atoms with van der Waals surface area (Å²) in [6, 6.07) is 4.36. The Bertz CT molecular complexity index is 285. The predicted molar refractivity (Wildman–Crippen MR) is 58.0 cm³/mol. The van der Waals surface area contributed by atoms with E-state index in [1.54, 1.807) is 0 Å². The van der Waals surface area contributed by atoms with Crippen LogP contribution in [0.25, 0.3) is 0 Å². The van der Waals surface area contributed by atoms with Crippen LogP contribution in [-0.2, 0) is 11.2 Å². The molecule has 0 spiro atoms. The molecule has 2 heterocycles. The second-order valence-corrected chi connectivity index (χ2v) is 3.96. The number of aromatic nitrogens is 1. The molecule has 1 aromatic rings. The van der Waals surface area contributed by atoms with Gasteiger partial charge in [-0.3, -0.25) is 16.3 Å². The van der Waals surface area contributed by atoms with E-state index >= 15 is 0 Å². The van der Waals surface area contributed by atoms with E-state index in [-0.39, 0.29) is 0 Å². The topological polar surface area (TPSA) is 60.2 Å². The molecular weight excluding hydrogens is 190 g/mol. The molecule has 0 saturated carbocycles. The summed E-state index contributed by atoms with van der Waals surface area (Å²) in [6.07, 6.45) is 5.66. The van der Waals surface area contributed by atoms with Crippen LogP contribution in [-0.4, -0.2) is 24.2 Å². The molecule has 1 aromatic heterocycles. The highest BCUT2D eigenvalue weighted by molar-refractivity contribution is 5.11. The molecule has 4 heteroatoms. The SMILES string of the molecule is NNC(Cc1ccncc1)C1CCOC1. The van der Waals surface area contributed by atoms with Gasteiger partial charge in [0.2, 0.25) is 0 Å². The van der Waals surface area contributed by atoms with Gasteiger partial charge < -0.3 is 4.74 Å². The van der Waals surface area contributed by atoms with Gasteiger partial charge in [-0.1, -0.05) is 0 Å². The van der Waals surface area contributed by atoms with Crippen molar-refractivity contribution in [3.63, 3.8) is 0 Å². The van der Waals surface area contributed by atoms with Crippen molar-refractivity contribution in [2.24, 2.45) is 11.8 Å². The first-order valence-electron chi connectivity index (χ1n) is 5.33. The highest BCUT2D eigenvalue weighted by atomic mass is 16.5. The van der Waals surface area contributed by atoms with Crippen LogP contribution in [0.2, 0.25) is 0 Å². The lowest BCUT2D eigenvalue weighted by Gasteiger charge is -2.21. The smallest absolute Gasteiger partial charge is 0.0510 e. The van der Waals surface area contributed by atoms with Gasteiger partial charge in [-0.2, -0.15) is 0 Å². The molecule has 2 atom stereocenters. The van der Waals surface area contributed by atoms with Crippen LogP contribution in [0.3, 0.4) is 0 Å². The van der Waals surface area contributed by atoms with Crippen molar-refractivity contribution in [2.75, 3.05) is 13.2 Å². The molecule has 1 saturated heterocycles. The maximum atomic E-state index is 5.58. The minimum atomic E-state index is 0.301. The number of nitrogens with two attached hydrogens (primary N) is 1. The Hall–Kier alpha value is -0.970. The Kier molecular flexibility index (Phi) is 3.66. The molecule has 2 unspecified atom stereocenters. The van der Waals surface area contributed by atoms with E-state index in [9.17, 15) is 0 Å². The van der Waals surface area contributed by atoms with Gasteiger partial charge in [0.05, 0.1) is 6.61 Å². The number of hydrogen-bond donors (Lipinski definition) is 2. The first-order valence-corrected chi connectivity index (χ1v) is 5.33. The van der Waals surface area contributed by atoms with Gasteiger partial charge in [-0.25, -0.2) is 0 Å². The summed E-state index contributed by atoms with van der Waals surface area (Å²) in [5.74, 6) is 6.11. The summed E-state index contributed by atoms with van der Waals surface area (Å²) in [5, 5.41) is 0. The maximum Gasteiger partial charge on any atom is 0.0510 e. The van der Waals surface area contributed by atoms with E-state index < -0.39 is 0 Å². The van der Waals surface area contributed by atoms with Gasteiger partial charge in [-0.05, 0) is 30.5 Å². The Balaban J connectivity index is 1.96. The molecular formula is C11H17N3O. The predicted octanol–water partition coefficient (Wildman–Crippen LogP) is 0.492. The lowest BCUT2D eigenvalue weighted by Crippen LogP contribution is -2.42. The van der Waals surface area contributed by atoms with Crippen LogP contribution in [0, 0.1) is 5.92 Å². The number of nitrogens with zero attached hydrogens (tertiary/aromatic N) is 1. The van der Waals surface area contributed by atoms with Crippen LogP contribution >= 0.6 is 0 Å². The van der Waals surface area contributed by atoms with Crippen LogP contribution in [0.1, 0.15) is 12.0 Å². The summed E-state index contributed by atoms with van der Waals surface area (Å²) in [6.45, 7) is 1.68. The molecule has 3 N–H and O–H groups in total. The van der Waals surface area contributed by atoms with Crippen LogP contribution < -0.4 is 11.3 Å². The Morgan fingerprint density at radius 1 is 1.53 bits per heavy atom. The summed E-state index contributed by atoms with van der Waals surface area (Å²) < 4.78 is 5.37. The lowest BCUT2D eigenvalue weighted by molar-refractivity contribution is 0.176. The summed E-state index contributed by atoms with van der Waals surface area (Å²) in [7, 11) is 0. The Labute approximate surface area is 89.8 Å². The van der Waals surface area contributed by atoms with Gasteiger partial charge >= 0.3 is 0 Å². The number of rotatable bonds is 4. The zero-order valence-corrected chi connectivity index (χ0v) is 8.73. The van der Waals surface area contributed by atoms with Gasteiger partial charge in [0.25, 0.3) is 0 Å². The normalized spacial score (nSPS) is 22.9. The quantitative estimate of drug-likeness (QED) is 0.557. The average molecular weight is 207 g/mol. The van der Waals surface area contributed by atoms with Crippen molar-refractivity contribution in [1.29, 1.82) is 0 Å². The Morgan fingerprint density at radius 3 is 2.93 bits per heavy atom. The van der Waals surface area contributed by atoms with Crippen molar-refractivity contribution < 1.29 is 4.74 Å². The molecule has 0 bridgehead atoms. The van der Waals surface area contributed by atoms with Crippen molar-refractivity contribution in [1.82, 2.24) is 10.4 Å². The zero-order valence-electron chi connectivity index (χ0n) is 8.73. The van der Waals surface area contributed by atoms with Crippen LogP contribution in [0.4, 0.5) is 0 Å². The van der Waals surface area contributed by atoms with Crippen molar-refractivity contribution >= 4 is 0 Å². The largest absolute Gasteiger partial charge is 0.381 e. The molecule has 1 fully saturated rings. The third kappa shape index (κ3) is 2.75. The van der Waals surface area contributed by atoms with Crippen molar-refractivity contribution in [3.8, 4) is 0 Å². The number of hydrazine groups is 1. The standard InChI is InChI=1S/C11H17N3O/c12-14-11(10-3-6-15-8-10)7-9-1-4-13-5-2-9/h1-2,4-5,10-11,14H,3,6-8,12H2. The minimum Gasteiger partial charge on any atom is -0.381 e. The van der Waals surface area contributed by atoms with E-state index in [2.05, 4.69) is 10.4 Å². The molecule has 1 aliphatic rings. The molecule has 82 valence electrons. The fourth-order valence-electron chi connectivity index (χ4n) is 2.00. The molecule has 0 radical (unpaired) electrons. The first kappa shape index (κ1) is 10.5. The molecule has 0 aliphatic carbocycles. The number of pyridine rings is 1. The second-order valence-electron chi connectivity index (χ2n) is 3.96. The molecule has 1 aliphatic heterocycles. The van der Waals surface area contributed by atoms with Gasteiger partial charge in [0, 0.05) is 31.0 Å². The number of ether oxygens (including phenoxy) is 1. The van der Waals surface area contributed by atoms with E-state index in [0.29, 0.717) is 12.0 Å². The van der Waals surface area contributed by atoms with E-state index in [1.807, 2.05) is 24.5 Å². The average Bonchev–Trinajstić information content (AvgIpc) is 2.81. The van der Waals surface area contributed by atoms with E-state index in [4.69, 9.17) is 10.6 Å². The summed E-state index contributed by atoms with van der Waals surface area (Å²) >= 11 is 0. The van der Waals surface area contributed by atoms with Crippen LogP contribution in [0.5, 0.6) is 0 Å². The lowest BCUT2D eigenvalue weighted by atomic mass is 9.94. The van der Waals surface area contributed by atoms with Crippen molar-refractivity contribution in [2.45, 2.75) is 18.9 Å². The van der Waals surface area contributed by atoms with E-state index in [0.717, 1.165) is 26.1 Å². The first-order chi connectivity index (χ1) is 7.40. The molecule has 0 aromatic carbocycles. The van der Waals surface area contributed by atoms with E-state index in [1.165, 1.54) is 5.56 Å². The van der Waals surface area contributed by atoms with Crippen molar-refractivity contribution in [3.05, 3.63) is 30.1 Å². The Morgan fingerprint density at radius 2 is 2.33 bits per heavy atom. The van der Waals surface area contributed by atoms with Gasteiger partial charge in [0.15, 0.2) is 0 Å². The van der Waals surface area contributed by atoms with Gasteiger partial charge in [-0.15, -0.1) is 0 Å². The minimum absolute atomic E-state index is 0.301. The fourth-order valence-corrected chi connectivity index (χ4v) is 2.00. The maximum absolute atomic E-state index is 5.58. The molecule has 4 nitrogen and oxygen atoms in total. The monoisotopic (exact) mass is 207 g/mol. The zero-order chi connectivity index (χ0) is 10.5. The molecule has 0 amide bonds. The second kappa shape index (κ2) is 5.21. The molecule has 15 heavy (non-hydrogen) atoms. The highest BCUT2D eigenvalue weighted by Gasteiger charge is 2.24. The molecule has 2 rings (SSSR count). The highest BCUT2D eigenvalue weighted by Crippen LogP contribution is 2.19.